The highest BCUT2D eigenvalue weighted by Crippen LogP contribution is 2.04. The predicted octanol–water partition coefficient (Wildman–Crippen LogP) is -1.09. The van der Waals surface area contributed by atoms with Gasteiger partial charge >= 0.3 is 5.82 Å². The van der Waals surface area contributed by atoms with E-state index in [0.717, 1.165) is 4.68 Å². The molecule has 1 heterocycles. The second-order valence-corrected chi connectivity index (χ2v) is 3.54. The molecule has 1 unspecified atom stereocenters. The first-order valence-electron chi connectivity index (χ1n) is 5.14. The van der Waals surface area contributed by atoms with Gasteiger partial charge in [-0.05, 0) is 4.92 Å². The van der Waals surface area contributed by atoms with E-state index in [1.165, 1.54) is 19.4 Å². The van der Waals surface area contributed by atoms with Crippen LogP contribution in [-0.4, -0.2) is 52.1 Å². The summed E-state index contributed by atoms with van der Waals surface area (Å²) in [5, 5.41) is 25.7. The zero-order valence-corrected chi connectivity index (χ0v) is 9.78. The minimum atomic E-state index is -0.786. The Bertz CT molecular complexity index is 419. The molecule has 100 valence electrons. The molecule has 9 nitrogen and oxygen atoms in total. The standard InChI is InChI=1S/C9H14N4O5/c1-18-6-7(14)4-10-9(15)5-12-3-2-8(11-12)13(16)17/h2-3,7,14H,4-6H2,1H3,(H,10,15). The number of nitrogens with zero attached hydrogens (tertiary/aromatic N) is 3. The van der Waals surface area contributed by atoms with Crippen LogP contribution in [-0.2, 0) is 16.1 Å². The molecule has 1 rings (SSSR count). The van der Waals surface area contributed by atoms with Gasteiger partial charge in [-0.25, -0.2) is 0 Å². The maximum atomic E-state index is 11.4. The third kappa shape index (κ3) is 4.47. The third-order valence-electron chi connectivity index (χ3n) is 2.01. The second-order valence-electron chi connectivity index (χ2n) is 3.54. The summed E-state index contributed by atoms with van der Waals surface area (Å²) < 4.78 is 5.84. The highest BCUT2D eigenvalue weighted by atomic mass is 16.6. The number of nitro groups is 1. The molecule has 1 atom stereocenters. The van der Waals surface area contributed by atoms with E-state index in [2.05, 4.69) is 10.4 Å². The number of aliphatic hydroxyl groups excluding tert-OH is 1. The van der Waals surface area contributed by atoms with Crippen molar-refractivity contribution in [1.82, 2.24) is 15.1 Å². The Labute approximate surface area is 103 Å². The van der Waals surface area contributed by atoms with Crippen molar-refractivity contribution in [3.8, 4) is 0 Å². The van der Waals surface area contributed by atoms with E-state index in [4.69, 9.17) is 4.74 Å². The molecule has 9 heteroatoms. The molecule has 1 aromatic heterocycles. The summed E-state index contributed by atoms with van der Waals surface area (Å²) in [4.78, 5) is 21.1. The molecule has 0 saturated heterocycles. The minimum Gasteiger partial charge on any atom is -0.389 e. The number of carbonyl (C=O) groups is 1. The van der Waals surface area contributed by atoms with Crippen molar-refractivity contribution in [2.45, 2.75) is 12.6 Å². The van der Waals surface area contributed by atoms with Gasteiger partial charge in [0.15, 0.2) is 0 Å². The van der Waals surface area contributed by atoms with Crippen molar-refractivity contribution in [1.29, 1.82) is 0 Å². The fraction of sp³-hybridized carbons (Fsp3) is 0.556. The Morgan fingerprint density at radius 1 is 1.78 bits per heavy atom. The fourth-order valence-corrected chi connectivity index (χ4v) is 1.22. The van der Waals surface area contributed by atoms with Crippen LogP contribution in [0.1, 0.15) is 0 Å². The summed E-state index contributed by atoms with van der Waals surface area (Å²) in [5.41, 5.74) is 0. The van der Waals surface area contributed by atoms with E-state index in [1.54, 1.807) is 0 Å². The van der Waals surface area contributed by atoms with E-state index in [9.17, 15) is 20.0 Å². The number of hydrogen-bond donors (Lipinski definition) is 2. The van der Waals surface area contributed by atoms with E-state index in [0.29, 0.717) is 0 Å². The van der Waals surface area contributed by atoms with E-state index in [1.807, 2.05) is 0 Å². The molecule has 0 radical (unpaired) electrons. The van der Waals surface area contributed by atoms with E-state index < -0.39 is 16.9 Å². The molecule has 0 aliphatic carbocycles. The minimum absolute atomic E-state index is 0.0516. The summed E-state index contributed by atoms with van der Waals surface area (Å²) in [6.45, 7) is 0.0249. The molecule has 0 spiro atoms. The molecule has 1 amide bonds. The van der Waals surface area contributed by atoms with Gasteiger partial charge in [-0.3, -0.25) is 4.79 Å². The van der Waals surface area contributed by atoms with Gasteiger partial charge in [-0.1, -0.05) is 0 Å². The first-order chi connectivity index (χ1) is 8.52. The van der Waals surface area contributed by atoms with Crippen molar-refractivity contribution in [3.63, 3.8) is 0 Å². The lowest BCUT2D eigenvalue weighted by Gasteiger charge is -2.09. The Balaban J connectivity index is 2.37. The molecule has 18 heavy (non-hydrogen) atoms. The van der Waals surface area contributed by atoms with Gasteiger partial charge in [0.05, 0.1) is 30.1 Å². The lowest BCUT2D eigenvalue weighted by molar-refractivity contribution is -0.389. The van der Waals surface area contributed by atoms with Crippen molar-refractivity contribution < 1.29 is 19.6 Å². The maximum Gasteiger partial charge on any atom is 0.389 e. The predicted molar refractivity (Wildman–Crippen MR) is 59.8 cm³/mol. The number of nitrogens with one attached hydrogen (secondary N) is 1. The largest absolute Gasteiger partial charge is 0.389 e. The van der Waals surface area contributed by atoms with Crippen LogP contribution in [0.2, 0.25) is 0 Å². The molecule has 0 bridgehead atoms. The molecule has 0 aliphatic rings. The van der Waals surface area contributed by atoms with Crippen LogP contribution >= 0.6 is 0 Å². The summed E-state index contributed by atoms with van der Waals surface area (Å²) in [5.74, 6) is -0.717. The van der Waals surface area contributed by atoms with Gasteiger partial charge < -0.3 is 25.3 Å². The lowest BCUT2D eigenvalue weighted by Crippen LogP contribution is -2.36. The maximum absolute atomic E-state index is 11.4. The molecule has 0 saturated carbocycles. The SMILES string of the molecule is COCC(O)CNC(=O)Cn1ccc([N+](=O)[O-])n1. The Morgan fingerprint density at radius 2 is 2.50 bits per heavy atom. The Morgan fingerprint density at radius 3 is 3.06 bits per heavy atom. The molecule has 0 fully saturated rings. The number of aliphatic hydroxyl groups is 1. The van der Waals surface area contributed by atoms with Crippen molar-refractivity contribution in [2.24, 2.45) is 0 Å². The Kier molecular flexibility index (Phi) is 5.21. The van der Waals surface area contributed by atoms with Crippen LogP contribution in [0.5, 0.6) is 0 Å². The summed E-state index contributed by atoms with van der Waals surface area (Å²) in [7, 11) is 1.44. The van der Waals surface area contributed by atoms with Crippen molar-refractivity contribution in [2.75, 3.05) is 20.3 Å². The number of ether oxygens (including phenoxy) is 1. The third-order valence-corrected chi connectivity index (χ3v) is 2.01. The van der Waals surface area contributed by atoms with Crippen molar-refractivity contribution in [3.05, 3.63) is 22.4 Å². The van der Waals surface area contributed by atoms with Crippen LogP contribution in [0.3, 0.4) is 0 Å². The quantitative estimate of drug-likeness (QED) is 0.474. The second kappa shape index (κ2) is 6.67. The number of carbonyl (C=O) groups excluding carboxylic acids is 1. The molecule has 2 N–H and O–H groups in total. The van der Waals surface area contributed by atoms with Gasteiger partial charge in [0.2, 0.25) is 5.91 Å². The summed E-state index contributed by atoms with van der Waals surface area (Å²) in [6.07, 6.45) is 0.550. The van der Waals surface area contributed by atoms with Crippen LogP contribution in [0.25, 0.3) is 0 Å². The highest BCUT2D eigenvalue weighted by molar-refractivity contribution is 5.75. The normalized spacial score (nSPS) is 12.1. The van der Waals surface area contributed by atoms with Gasteiger partial charge in [0.1, 0.15) is 6.54 Å². The van der Waals surface area contributed by atoms with E-state index in [-0.39, 0.29) is 25.5 Å². The number of methoxy groups -OCH3 is 1. The number of hydrogen-bond acceptors (Lipinski definition) is 6. The molecular weight excluding hydrogens is 244 g/mol. The van der Waals surface area contributed by atoms with Crippen LogP contribution in [0.4, 0.5) is 5.82 Å². The van der Waals surface area contributed by atoms with Crippen molar-refractivity contribution >= 4 is 11.7 Å². The molecular formula is C9H14N4O5. The summed E-state index contributed by atoms with van der Waals surface area (Å²) in [6, 6.07) is 1.20. The zero-order valence-electron chi connectivity index (χ0n) is 9.78. The first-order valence-corrected chi connectivity index (χ1v) is 5.14. The summed E-state index contributed by atoms with van der Waals surface area (Å²) >= 11 is 0. The monoisotopic (exact) mass is 258 g/mol. The van der Waals surface area contributed by atoms with Gasteiger partial charge in [0, 0.05) is 13.7 Å². The van der Waals surface area contributed by atoms with Gasteiger partial charge in [-0.15, -0.1) is 0 Å². The highest BCUT2D eigenvalue weighted by Gasteiger charge is 2.13. The van der Waals surface area contributed by atoms with Crippen LogP contribution in [0, 0.1) is 10.1 Å². The average Bonchev–Trinajstić information content (AvgIpc) is 2.75. The zero-order chi connectivity index (χ0) is 13.5. The molecule has 0 aliphatic heterocycles. The van der Waals surface area contributed by atoms with Crippen LogP contribution in [0.15, 0.2) is 12.3 Å². The topological polar surface area (TPSA) is 120 Å². The smallest absolute Gasteiger partial charge is 0.389 e. The van der Waals surface area contributed by atoms with Crippen LogP contribution < -0.4 is 5.32 Å². The number of rotatable bonds is 7. The fourth-order valence-electron chi connectivity index (χ4n) is 1.22. The van der Waals surface area contributed by atoms with E-state index >= 15 is 0 Å². The molecule has 1 aromatic rings. The number of amides is 1. The first kappa shape index (κ1) is 14.1. The number of aromatic nitrogens is 2. The average molecular weight is 258 g/mol. The van der Waals surface area contributed by atoms with Gasteiger partial charge in [0.25, 0.3) is 0 Å². The lowest BCUT2D eigenvalue weighted by atomic mass is 10.4. The Hall–Kier alpha value is -2.00. The van der Waals surface area contributed by atoms with Gasteiger partial charge in [-0.2, -0.15) is 4.68 Å². The molecule has 0 aromatic carbocycles.